The van der Waals surface area contributed by atoms with E-state index in [1.54, 1.807) is 0 Å². The molecule has 1 aromatic heterocycles. The zero-order chi connectivity index (χ0) is 12.0. The van der Waals surface area contributed by atoms with E-state index in [2.05, 4.69) is 17.2 Å². The highest BCUT2D eigenvalue weighted by Crippen LogP contribution is 2.10. The summed E-state index contributed by atoms with van der Waals surface area (Å²) >= 11 is 0. The van der Waals surface area contributed by atoms with Crippen molar-refractivity contribution < 1.29 is 5.11 Å². The summed E-state index contributed by atoms with van der Waals surface area (Å²) in [5, 5.41) is 13.2. The molecule has 0 aliphatic carbocycles. The summed E-state index contributed by atoms with van der Waals surface area (Å²) in [6.07, 6.45) is 3.68. The van der Waals surface area contributed by atoms with Gasteiger partial charge in [0.05, 0.1) is 11.3 Å². The van der Waals surface area contributed by atoms with E-state index in [0.29, 0.717) is 13.1 Å². The number of rotatable bonds is 6. The lowest BCUT2D eigenvalue weighted by molar-refractivity contribution is 0.0497. The van der Waals surface area contributed by atoms with Crippen LogP contribution in [0.4, 0.5) is 0 Å². The second kappa shape index (κ2) is 5.97. The Balaban J connectivity index is 2.32. The summed E-state index contributed by atoms with van der Waals surface area (Å²) < 4.78 is 0. The van der Waals surface area contributed by atoms with E-state index in [9.17, 15) is 5.11 Å². The first-order chi connectivity index (χ1) is 7.53. The molecule has 0 radical (unpaired) electrons. The lowest BCUT2D eigenvalue weighted by Crippen LogP contribution is -2.37. The number of aliphatic hydroxyl groups is 1. The summed E-state index contributed by atoms with van der Waals surface area (Å²) in [5.41, 5.74) is 1.57. The third-order valence-corrected chi connectivity index (χ3v) is 2.57. The number of hydrogen-bond donors (Lipinski definition) is 2. The Labute approximate surface area is 97.9 Å². The van der Waals surface area contributed by atoms with Crippen molar-refractivity contribution in [2.45, 2.75) is 45.8 Å². The van der Waals surface area contributed by atoms with Gasteiger partial charge in [-0.2, -0.15) is 0 Å². The summed E-state index contributed by atoms with van der Waals surface area (Å²) in [6, 6.07) is 4.06. The zero-order valence-electron chi connectivity index (χ0n) is 10.5. The van der Waals surface area contributed by atoms with Crippen molar-refractivity contribution in [3.05, 3.63) is 29.6 Å². The first-order valence-corrected chi connectivity index (χ1v) is 5.88. The number of nitrogens with one attached hydrogen (secondary N) is 1. The molecule has 0 aliphatic rings. The Morgan fingerprint density at radius 1 is 1.44 bits per heavy atom. The van der Waals surface area contributed by atoms with Crippen LogP contribution in [0.25, 0.3) is 0 Å². The molecule has 0 saturated heterocycles. The minimum Gasteiger partial charge on any atom is -0.389 e. The maximum Gasteiger partial charge on any atom is 0.0743 e. The first kappa shape index (κ1) is 13.1. The second-order valence-corrected chi connectivity index (χ2v) is 4.68. The number of aryl methyl sites for hydroxylation is 1. The Kier molecular flexibility index (Phi) is 4.90. The van der Waals surface area contributed by atoms with Gasteiger partial charge >= 0.3 is 0 Å². The van der Waals surface area contributed by atoms with Crippen LogP contribution in [-0.2, 0) is 6.54 Å². The Hall–Kier alpha value is -0.930. The van der Waals surface area contributed by atoms with E-state index in [1.807, 2.05) is 32.2 Å². The standard InChI is InChI=1S/C13H22N2O/c1-4-7-13(3,16)10-14-9-12-6-5-11(2)8-15-12/h5-6,8,14,16H,4,7,9-10H2,1-3H3. The van der Waals surface area contributed by atoms with E-state index in [1.165, 1.54) is 5.56 Å². The quantitative estimate of drug-likeness (QED) is 0.774. The molecule has 1 heterocycles. The summed E-state index contributed by atoms with van der Waals surface area (Å²) in [4.78, 5) is 4.30. The van der Waals surface area contributed by atoms with Crippen LogP contribution in [0.2, 0.25) is 0 Å². The van der Waals surface area contributed by atoms with Crippen LogP contribution in [0.5, 0.6) is 0 Å². The SMILES string of the molecule is CCCC(C)(O)CNCc1ccc(C)cn1. The largest absolute Gasteiger partial charge is 0.389 e. The van der Waals surface area contributed by atoms with Gasteiger partial charge < -0.3 is 10.4 Å². The Morgan fingerprint density at radius 2 is 2.19 bits per heavy atom. The fraction of sp³-hybridized carbons (Fsp3) is 0.615. The summed E-state index contributed by atoms with van der Waals surface area (Å²) in [7, 11) is 0. The van der Waals surface area contributed by atoms with Crippen LogP contribution in [0.1, 0.15) is 37.9 Å². The van der Waals surface area contributed by atoms with Crippen LogP contribution < -0.4 is 5.32 Å². The second-order valence-electron chi connectivity index (χ2n) is 4.68. The highest BCUT2D eigenvalue weighted by atomic mass is 16.3. The van der Waals surface area contributed by atoms with Crippen molar-refractivity contribution in [3.63, 3.8) is 0 Å². The number of pyridine rings is 1. The van der Waals surface area contributed by atoms with Crippen molar-refractivity contribution in [2.24, 2.45) is 0 Å². The molecule has 3 heteroatoms. The highest BCUT2D eigenvalue weighted by molar-refractivity contribution is 5.11. The molecule has 0 aliphatic heterocycles. The van der Waals surface area contributed by atoms with Gasteiger partial charge in [-0.05, 0) is 31.9 Å². The zero-order valence-corrected chi connectivity index (χ0v) is 10.5. The van der Waals surface area contributed by atoms with Crippen molar-refractivity contribution in [2.75, 3.05) is 6.54 Å². The molecule has 0 spiro atoms. The molecule has 2 N–H and O–H groups in total. The molecule has 0 fully saturated rings. The molecule has 1 rings (SSSR count). The molecule has 1 unspecified atom stereocenters. The minimum absolute atomic E-state index is 0.608. The van der Waals surface area contributed by atoms with Crippen LogP contribution in [-0.4, -0.2) is 22.2 Å². The predicted octanol–water partition coefficient (Wildman–Crippen LogP) is 2.03. The molecule has 90 valence electrons. The van der Waals surface area contributed by atoms with Crippen LogP contribution in [0.3, 0.4) is 0 Å². The van der Waals surface area contributed by atoms with Crippen molar-refractivity contribution in [1.82, 2.24) is 10.3 Å². The Morgan fingerprint density at radius 3 is 2.75 bits per heavy atom. The molecule has 0 bridgehead atoms. The molecule has 0 aromatic carbocycles. The van der Waals surface area contributed by atoms with Gasteiger partial charge in [-0.25, -0.2) is 0 Å². The smallest absolute Gasteiger partial charge is 0.0743 e. The topological polar surface area (TPSA) is 45.1 Å². The monoisotopic (exact) mass is 222 g/mol. The average Bonchev–Trinajstić information content (AvgIpc) is 2.20. The molecule has 0 amide bonds. The van der Waals surface area contributed by atoms with Gasteiger partial charge in [0.25, 0.3) is 0 Å². The average molecular weight is 222 g/mol. The Bertz CT molecular complexity index is 306. The van der Waals surface area contributed by atoms with Crippen molar-refractivity contribution in [3.8, 4) is 0 Å². The van der Waals surface area contributed by atoms with Gasteiger partial charge in [0.15, 0.2) is 0 Å². The van der Waals surface area contributed by atoms with E-state index in [0.717, 1.165) is 18.5 Å². The summed E-state index contributed by atoms with van der Waals surface area (Å²) in [5.74, 6) is 0. The molecular formula is C13H22N2O. The van der Waals surface area contributed by atoms with Gasteiger partial charge in [-0.15, -0.1) is 0 Å². The van der Waals surface area contributed by atoms with Gasteiger partial charge in [-0.1, -0.05) is 19.4 Å². The van der Waals surface area contributed by atoms with Gasteiger partial charge in [-0.3, -0.25) is 4.98 Å². The highest BCUT2D eigenvalue weighted by Gasteiger charge is 2.17. The number of hydrogen-bond acceptors (Lipinski definition) is 3. The van der Waals surface area contributed by atoms with Gasteiger partial charge in [0, 0.05) is 19.3 Å². The van der Waals surface area contributed by atoms with E-state index >= 15 is 0 Å². The molecule has 3 nitrogen and oxygen atoms in total. The van der Waals surface area contributed by atoms with E-state index in [-0.39, 0.29) is 0 Å². The molecular weight excluding hydrogens is 200 g/mol. The van der Waals surface area contributed by atoms with E-state index in [4.69, 9.17) is 0 Å². The summed E-state index contributed by atoms with van der Waals surface area (Å²) in [6.45, 7) is 7.29. The fourth-order valence-electron chi connectivity index (χ4n) is 1.69. The maximum absolute atomic E-state index is 9.95. The number of aromatic nitrogens is 1. The first-order valence-electron chi connectivity index (χ1n) is 5.88. The maximum atomic E-state index is 9.95. The predicted molar refractivity (Wildman–Crippen MR) is 66.2 cm³/mol. The minimum atomic E-state index is -0.612. The van der Waals surface area contributed by atoms with Crippen LogP contribution >= 0.6 is 0 Å². The van der Waals surface area contributed by atoms with Crippen LogP contribution in [0, 0.1) is 6.92 Å². The van der Waals surface area contributed by atoms with Gasteiger partial charge in [0.2, 0.25) is 0 Å². The van der Waals surface area contributed by atoms with Crippen molar-refractivity contribution >= 4 is 0 Å². The lowest BCUT2D eigenvalue weighted by atomic mass is 10.0. The normalized spacial score (nSPS) is 14.8. The third kappa shape index (κ3) is 4.73. The molecule has 16 heavy (non-hydrogen) atoms. The van der Waals surface area contributed by atoms with Crippen molar-refractivity contribution in [1.29, 1.82) is 0 Å². The lowest BCUT2D eigenvalue weighted by Gasteiger charge is -2.22. The number of nitrogens with zero attached hydrogens (tertiary/aromatic N) is 1. The molecule has 1 aromatic rings. The fourth-order valence-corrected chi connectivity index (χ4v) is 1.69. The van der Waals surface area contributed by atoms with Crippen LogP contribution in [0.15, 0.2) is 18.3 Å². The third-order valence-electron chi connectivity index (χ3n) is 2.57. The van der Waals surface area contributed by atoms with E-state index < -0.39 is 5.60 Å². The molecule has 1 atom stereocenters. The molecule has 0 saturated carbocycles. The van der Waals surface area contributed by atoms with Gasteiger partial charge in [0.1, 0.15) is 0 Å².